The maximum atomic E-state index is 13.1. The smallest absolute Gasteiger partial charge is 0.289 e. The first kappa shape index (κ1) is 21.2. The molecule has 0 aliphatic carbocycles. The molecule has 2 aromatic carbocycles. The molecule has 1 aliphatic heterocycles. The van der Waals surface area contributed by atoms with Gasteiger partial charge in [0.05, 0.1) is 23.5 Å². The Kier molecular flexibility index (Phi) is 6.42. The molecule has 3 aromatic rings. The van der Waals surface area contributed by atoms with Crippen LogP contribution in [0, 0.1) is 5.92 Å². The molecule has 0 saturated carbocycles. The molecule has 6 nitrogen and oxygen atoms in total. The number of rotatable bonds is 7. The van der Waals surface area contributed by atoms with E-state index in [1.165, 1.54) is 6.26 Å². The first-order valence-corrected chi connectivity index (χ1v) is 12.0. The summed E-state index contributed by atoms with van der Waals surface area (Å²) < 4.78 is 36.8. The van der Waals surface area contributed by atoms with Gasteiger partial charge in [-0.2, -0.15) is 0 Å². The molecule has 0 spiro atoms. The molecule has 0 radical (unpaired) electrons. The number of ether oxygens (including phenoxy) is 1. The summed E-state index contributed by atoms with van der Waals surface area (Å²) >= 11 is 0. The summed E-state index contributed by atoms with van der Waals surface area (Å²) in [5, 5.41) is 0. The zero-order valence-electron chi connectivity index (χ0n) is 17.1. The lowest BCUT2D eigenvalue weighted by atomic mass is 9.98. The summed E-state index contributed by atoms with van der Waals surface area (Å²) in [6, 6.07) is 19.4. The molecule has 1 unspecified atom stereocenters. The highest BCUT2D eigenvalue weighted by Crippen LogP contribution is 2.24. The van der Waals surface area contributed by atoms with E-state index in [2.05, 4.69) is 0 Å². The largest absolute Gasteiger partial charge is 0.493 e. The van der Waals surface area contributed by atoms with Crippen LogP contribution in [-0.4, -0.2) is 38.9 Å². The van der Waals surface area contributed by atoms with Gasteiger partial charge in [0.15, 0.2) is 15.6 Å². The molecular weight excluding hydrogens is 414 g/mol. The van der Waals surface area contributed by atoms with Gasteiger partial charge >= 0.3 is 0 Å². The number of amides is 1. The van der Waals surface area contributed by atoms with E-state index in [0.29, 0.717) is 25.3 Å². The van der Waals surface area contributed by atoms with E-state index in [0.717, 1.165) is 18.6 Å². The minimum absolute atomic E-state index is 0.101. The Morgan fingerprint density at radius 1 is 1.03 bits per heavy atom. The second-order valence-electron chi connectivity index (χ2n) is 7.73. The summed E-state index contributed by atoms with van der Waals surface area (Å²) in [5.74, 6) is 0.578. The Hall–Kier alpha value is -3.06. The summed E-state index contributed by atoms with van der Waals surface area (Å²) in [6.07, 6.45) is 3.22. The van der Waals surface area contributed by atoms with Crippen LogP contribution < -0.4 is 4.74 Å². The molecule has 162 valence electrons. The van der Waals surface area contributed by atoms with E-state index in [-0.39, 0.29) is 28.2 Å². The molecular formula is C24H25NO5S. The number of nitrogens with zero attached hydrogens (tertiary/aromatic N) is 1. The third kappa shape index (κ3) is 5.17. The van der Waals surface area contributed by atoms with Gasteiger partial charge in [0, 0.05) is 24.6 Å². The van der Waals surface area contributed by atoms with Gasteiger partial charge in [-0.15, -0.1) is 0 Å². The van der Waals surface area contributed by atoms with Crippen molar-refractivity contribution in [2.45, 2.75) is 23.5 Å². The molecule has 1 fully saturated rings. The quantitative estimate of drug-likeness (QED) is 0.552. The van der Waals surface area contributed by atoms with E-state index in [9.17, 15) is 13.2 Å². The van der Waals surface area contributed by atoms with Gasteiger partial charge in [0.1, 0.15) is 5.75 Å². The fraction of sp³-hybridized carbons (Fsp3) is 0.292. The number of hydrogen-bond acceptors (Lipinski definition) is 5. The molecule has 1 saturated heterocycles. The molecule has 0 N–H and O–H groups in total. The minimum atomic E-state index is -3.57. The van der Waals surface area contributed by atoms with Gasteiger partial charge in [0.25, 0.3) is 5.91 Å². The minimum Gasteiger partial charge on any atom is -0.493 e. The number of piperidine rings is 1. The standard InChI is InChI=1S/C24H25NO5S/c26-24(25-14-7-8-19(16-25)17-30-21-9-3-1-4-10-21)23-20(13-15-29-23)18-31(27,28)22-11-5-2-6-12-22/h1-6,9-13,15,19H,7-8,14,16-18H2. The Morgan fingerprint density at radius 2 is 1.74 bits per heavy atom. The third-order valence-corrected chi connectivity index (χ3v) is 7.11. The van der Waals surface area contributed by atoms with Crippen LogP contribution in [0.3, 0.4) is 0 Å². The molecule has 7 heteroatoms. The highest BCUT2D eigenvalue weighted by atomic mass is 32.2. The Morgan fingerprint density at radius 3 is 2.48 bits per heavy atom. The molecule has 31 heavy (non-hydrogen) atoms. The normalized spacial score (nSPS) is 16.8. The Balaban J connectivity index is 1.42. The Labute approximate surface area is 182 Å². The van der Waals surface area contributed by atoms with Crippen molar-refractivity contribution in [3.63, 3.8) is 0 Å². The molecule has 1 atom stereocenters. The highest BCUT2D eigenvalue weighted by Gasteiger charge is 2.29. The number of sulfone groups is 1. The van der Waals surface area contributed by atoms with Gasteiger partial charge in [0.2, 0.25) is 0 Å². The van der Waals surface area contributed by atoms with Crippen molar-refractivity contribution in [1.82, 2.24) is 4.90 Å². The molecule has 1 aliphatic rings. The number of furan rings is 1. The molecule has 4 rings (SSSR count). The lowest BCUT2D eigenvalue weighted by Gasteiger charge is -2.32. The maximum Gasteiger partial charge on any atom is 0.289 e. The number of carbonyl (C=O) groups excluding carboxylic acids is 1. The number of hydrogen-bond donors (Lipinski definition) is 0. The first-order chi connectivity index (χ1) is 15.0. The first-order valence-electron chi connectivity index (χ1n) is 10.3. The third-order valence-electron chi connectivity index (χ3n) is 5.42. The van der Waals surface area contributed by atoms with E-state index < -0.39 is 9.84 Å². The van der Waals surface area contributed by atoms with Gasteiger partial charge in [-0.05, 0) is 43.2 Å². The zero-order chi connectivity index (χ0) is 21.7. The van der Waals surface area contributed by atoms with Crippen molar-refractivity contribution >= 4 is 15.7 Å². The summed E-state index contributed by atoms with van der Waals surface area (Å²) in [5.41, 5.74) is 0.386. The van der Waals surface area contributed by atoms with Crippen molar-refractivity contribution < 1.29 is 22.4 Å². The average Bonchev–Trinajstić information content (AvgIpc) is 3.26. The Bertz CT molecular complexity index is 1110. The van der Waals surface area contributed by atoms with Crippen molar-refractivity contribution in [3.8, 4) is 5.75 Å². The molecule has 1 amide bonds. The van der Waals surface area contributed by atoms with Crippen LogP contribution in [0.25, 0.3) is 0 Å². The van der Waals surface area contributed by atoms with Crippen LogP contribution >= 0.6 is 0 Å². The second-order valence-corrected chi connectivity index (χ2v) is 9.72. The zero-order valence-corrected chi connectivity index (χ0v) is 18.0. The van der Waals surface area contributed by atoms with Crippen LogP contribution in [0.15, 0.2) is 82.3 Å². The SMILES string of the molecule is O=C(c1occc1CS(=O)(=O)c1ccccc1)N1CCCC(COc2ccccc2)C1. The van der Waals surface area contributed by atoms with Gasteiger partial charge in [-0.25, -0.2) is 8.42 Å². The van der Waals surface area contributed by atoms with Crippen molar-refractivity contribution in [2.24, 2.45) is 5.92 Å². The van der Waals surface area contributed by atoms with Crippen molar-refractivity contribution in [3.05, 3.63) is 84.3 Å². The predicted octanol–water partition coefficient (Wildman–Crippen LogP) is 4.18. The fourth-order valence-electron chi connectivity index (χ4n) is 3.81. The average molecular weight is 440 g/mol. The molecule has 1 aromatic heterocycles. The lowest BCUT2D eigenvalue weighted by Crippen LogP contribution is -2.41. The lowest BCUT2D eigenvalue weighted by molar-refractivity contribution is 0.0601. The van der Waals surface area contributed by atoms with Gasteiger partial charge in [-0.3, -0.25) is 4.79 Å². The van der Waals surface area contributed by atoms with Crippen LogP contribution in [0.1, 0.15) is 29.0 Å². The molecule has 2 heterocycles. The maximum absolute atomic E-state index is 13.1. The second kappa shape index (κ2) is 9.39. The topological polar surface area (TPSA) is 76.8 Å². The predicted molar refractivity (Wildman–Crippen MR) is 117 cm³/mol. The van der Waals surface area contributed by atoms with Crippen LogP contribution in [0.2, 0.25) is 0 Å². The summed E-state index contributed by atoms with van der Waals surface area (Å²) in [4.78, 5) is 15.1. The number of benzene rings is 2. The van der Waals surface area contributed by atoms with E-state index in [4.69, 9.17) is 9.15 Å². The van der Waals surface area contributed by atoms with Crippen molar-refractivity contribution in [1.29, 1.82) is 0 Å². The van der Waals surface area contributed by atoms with Crippen molar-refractivity contribution in [2.75, 3.05) is 19.7 Å². The van der Waals surface area contributed by atoms with Crippen LogP contribution in [0.4, 0.5) is 0 Å². The molecule has 0 bridgehead atoms. The highest BCUT2D eigenvalue weighted by molar-refractivity contribution is 7.90. The summed E-state index contributed by atoms with van der Waals surface area (Å²) in [6.45, 7) is 1.70. The monoisotopic (exact) mass is 439 g/mol. The van der Waals surface area contributed by atoms with E-state index >= 15 is 0 Å². The number of likely N-dealkylation sites (tertiary alicyclic amines) is 1. The summed E-state index contributed by atoms with van der Waals surface area (Å²) in [7, 11) is -3.57. The number of carbonyl (C=O) groups is 1. The van der Waals surface area contributed by atoms with E-state index in [1.54, 1.807) is 41.3 Å². The van der Waals surface area contributed by atoms with E-state index in [1.807, 2.05) is 30.3 Å². The number of para-hydroxylation sites is 1. The fourth-order valence-corrected chi connectivity index (χ4v) is 5.19. The van der Waals surface area contributed by atoms with Gasteiger partial charge in [-0.1, -0.05) is 36.4 Å². The van der Waals surface area contributed by atoms with Gasteiger partial charge < -0.3 is 14.1 Å². The van der Waals surface area contributed by atoms with Crippen LogP contribution in [0.5, 0.6) is 5.75 Å². The van der Waals surface area contributed by atoms with Crippen LogP contribution in [-0.2, 0) is 15.6 Å².